The zero-order chi connectivity index (χ0) is 14.7. The van der Waals surface area contributed by atoms with E-state index >= 15 is 0 Å². The molecule has 0 aliphatic carbocycles. The van der Waals surface area contributed by atoms with Crippen molar-refractivity contribution in [3.8, 4) is 0 Å². The second kappa shape index (κ2) is 6.58. The molecular weight excluding hydrogens is 232 g/mol. The summed E-state index contributed by atoms with van der Waals surface area (Å²) in [7, 11) is 0. The highest BCUT2D eigenvalue weighted by Gasteiger charge is 2.34. The normalized spacial score (nSPS) is 30.0. The summed E-state index contributed by atoms with van der Waals surface area (Å²) >= 11 is 0. The van der Waals surface area contributed by atoms with Gasteiger partial charge in [0, 0.05) is 24.7 Å². The van der Waals surface area contributed by atoms with E-state index < -0.39 is 0 Å². The van der Waals surface area contributed by atoms with Gasteiger partial charge in [-0.15, -0.1) is 0 Å². The maximum atomic E-state index is 3.79. The molecule has 1 fully saturated rings. The van der Waals surface area contributed by atoms with Crippen LogP contribution in [-0.2, 0) is 0 Å². The minimum Gasteiger partial charge on any atom is -0.309 e. The van der Waals surface area contributed by atoms with Gasteiger partial charge in [-0.2, -0.15) is 0 Å². The minimum absolute atomic E-state index is 0.311. The molecule has 0 aromatic heterocycles. The standard InChI is InChI=1S/C17H36N2/c1-8-17(7)13-19(10-9-16(4,5)6)15(12-18-17)11-14(2)3/h14-15,18H,8-13H2,1-7H3. The van der Waals surface area contributed by atoms with Gasteiger partial charge in [0.25, 0.3) is 0 Å². The van der Waals surface area contributed by atoms with E-state index in [0.29, 0.717) is 11.0 Å². The first-order valence-electron chi connectivity index (χ1n) is 8.14. The van der Waals surface area contributed by atoms with E-state index in [4.69, 9.17) is 0 Å². The number of hydrogen-bond acceptors (Lipinski definition) is 2. The molecule has 0 radical (unpaired) electrons. The predicted molar refractivity (Wildman–Crippen MR) is 85.6 cm³/mol. The van der Waals surface area contributed by atoms with Crippen LogP contribution in [0.5, 0.6) is 0 Å². The summed E-state index contributed by atoms with van der Waals surface area (Å²) in [6.45, 7) is 20.0. The van der Waals surface area contributed by atoms with Crippen LogP contribution < -0.4 is 5.32 Å². The Hall–Kier alpha value is -0.0800. The fourth-order valence-corrected chi connectivity index (χ4v) is 2.88. The molecule has 0 aromatic carbocycles. The molecule has 1 saturated heterocycles. The largest absolute Gasteiger partial charge is 0.309 e. The van der Waals surface area contributed by atoms with E-state index in [2.05, 4.69) is 58.7 Å². The molecule has 0 spiro atoms. The summed E-state index contributed by atoms with van der Waals surface area (Å²) in [5, 5.41) is 3.79. The van der Waals surface area contributed by atoms with Crippen molar-refractivity contribution < 1.29 is 0 Å². The van der Waals surface area contributed by atoms with Gasteiger partial charge in [-0.05, 0) is 44.1 Å². The molecule has 1 N–H and O–H groups in total. The summed E-state index contributed by atoms with van der Waals surface area (Å²) in [6.07, 6.45) is 3.83. The predicted octanol–water partition coefficient (Wildman–Crippen LogP) is 3.91. The molecule has 0 aromatic rings. The fraction of sp³-hybridized carbons (Fsp3) is 1.00. The Morgan fingerprint density at radius 2 is 1.95 bits per heavy atom. The fourth-order valence-electron chi connectivity index (χ4n) is 2.88. The van der Waals surface area contributed by atoms with Gasteiger partial charge in [0.2, 0.25) is 0 Å². The van der Waals surface area contributed by atoms with Crippen LogP contribution in [0.2, 0.25) is 0 Å². The number of rotatable bonds is 5. The smallest absolute Gasteiger partial charge is 0.0278 e. The summed E-state index contributed by atoms with van der Waals surface area (Å²) < 4.78 is 0. The molecule has 2 atom stereocenters. The first-order valence-corrected chi connectivity index (χ1v) is 8.14. The van der Waals surface area contributed by atoms with Crippen LogP contribution in [0.1, 0.15) is 67.7 Å². The Morgan fingerprint density at radius 3 is 2.42 bits per heavy atom. The van der Waals surface area contributed by atoms with Gasteiger partial charge in [-0.25, -0.2) is 0 Å². The SMILES string of the molecule is CCC1(C)CN(CCC(C)(C)C)C(CC(C)C)CN1. The summed E-state index contributed by atoms with van der Waals surface area (Å²) in [5.74, 6) is 0.787. The number of piperazine rings is 1. The van der Waals surface area contributed by atoms with Crippen molar-refractivity contribution in [1.82, 2.24) is 10.2 Å². The quantitative estimate of drug-likeness (QED) is 0.813. The molecule has 2 heteroatoms. The Labute approximate surface area is 121 Å². The van der Waals surface area contributed by atoms with Crippen LogP contribution >= 0.6 is 0 Å². The Morgan fingerprint density at radius 1 is 1.32 bits per heavy atom. The van der Waals surface area contributed by atoms with E-state index in [-0.39, 0.29) is 0 Å². The van der Waals surface area contributed by atoms with Crippen molar-refractivity contribution in [2.24, 2.45) is 11.3 Å². The zero-order valence-corrected chi connectivity index (χ0v) is 14.3. The van der Waals surface area contributed by atoms with Crippen LogP contribution in [-0.4, -0.2) is 36.1 Å². The molecule has 1 heterocycles. The third-order valence-corrected chi connectivity index (χ3v) is 4.51. The monoisotopic (exact) mass is 268 g/mol. The average Bonchev–Trinajstić information content (AvgIpc) is 2.28. The molecule has 0 bridgehead atoms. The molecular formula is C17H36N2. The average molecular weight is 268 g/mol. The van der Waals surface area contributed by atoms with Crippen LogP contribution in [0.25, 0.3) is 0 Å². The second-order valence-corrected chi connectivity index (χ2v) is 8.36. The number of nitrogens with one attached hydrogen (secondary N) is 1. The van der Waals surface area contributed by atoms with Crippen molar-refractivity contribution in [2.45, 2.75) is 79.3 Å². The molecule has 2 nitrogen and oxygen atoms in total. The Bertz CT molecular complexity index is 267. The highest BCUT2D eigenvalue weighted by Crippen LogP contribution is 2.26. The summed E-state index contributed by atoms with van der Waals surface area (Å²) in [5.41, 5.74) is 0.751. The van der Waals surface area contributed by atoms with Gasteiger partial charge in [-0.3, -0.25) is 4.90 Å². The number of hydrogen-bond donors (Lipinski definition) is 1. The molecule has 1 rings (SSSR count). The van der Waals surface area contributed by atoms with Crippen molar-refractivity contribution in [3.05, 3.63) is 0 Å². The van der Waals surface area contributed by atoms with Crippen LogP contribution in [0.4, 0.5) is 0 Å². The van der Waals surface area contributed by atoms with E-state index in [1.807, 2.05) is 0 Å². The topological polar surface area (TPSA) is 15.3 Å². The lowest BCUT2D eigenvalue weighted by Gasteiger charge is -2.47. The zero-order valence-electron chi connectivity index (χ0n) is 14.3. The third-order valence-electron chi connectivity index (χ3n) is 4.51. The molecule has 1 aliphatic heterocycles. The van der Waals surface area contributed by atoms with Crippen LogP contribution in [0, 0.1) is 11.3 Å². The molecule has 2 unspecified atom stereocenters. The molecule has 0 amide bonds. The lowest BCUT2D eigenvalue weighted by molar-refractivity contribution is 0.0635. The third kappa shape index (κ3) is 5.83. The van der Waals surface area contributed by atoms with Gasteiger partial charge >= 0.3 is 0 Å². The van der Waals surface area contributed by atoms with Gasteiger partial charge in [0.15, 0.2) is 0 Å². The lowest BCUT2D eigenvalue weighted by atomic mass is 9.88. The maximum absolute atomic E-state index is 3.79. The van der Waals surface area contributed by atoms with E-state index in [9.17, 15) is 0 Å². The van der Waals surface area contributed by atoms with E-state index in [1.54, 1.807) is 0 Å². The van der Waals surface area contributed by atoms with E-state index in [0.717, 1.165) is 18.5 Å². The van der Waals surface area contributed by atoms with E-state index in [1.165, 1.54) is 32.4 Å². The van der Waals surface area contributed by atoms with Gasteiger partial charge in [0.1, 0.15) is 0 Å². The molecule has 0 saturated carbocycles. The summed E-state index contributed by atoms with van der Waals surface area (Å²) in [4.78, 5) is 2.76. The molecule has 1 aliphatic rings. The second-order valence-electron chi connectivity index (χ2n) is 8.36. The Balaban J connectivity index is 2.65. The molecule has 19 heavy (non-hydrogen) atoms. The van der Waals surface area contributed by atoms with Crippen molar-refractivity contribution in [3.63, 3.8) is 0 Å². The van der Waals surface area contributed by atoms with Crippen LogP contribution in [0.15, 0.2) is 0 Å². The van der Waals surface area contributed by atoms with Crippen LogP contribution in [0.3, 0.4) is 0 Å². The Kier molecular flexibility index (Phi) is 5.88. The van der Waals surface area contributed by atoms with Gasteiger partial charge < -0.3 is 5.32 Å². The maximum Gasteiger partial charge on any atom is 0.0278 e. The number of nitrogens with zero attached hydrogens (tertiary/aromatic N) is 1. The lowest BCUT2D eigenvalue weighted by Crippen LogP contribution is -2.63. The van der Waals surface area contributed by atoms with Gasteiger partial charge in [0.05, 0.1) is 0 Å². The highest BCUT2D eigenvalue weighted by molar-refractivity contribution is 4.94. The first-order chi connectivity index (χ1) is 8.65. The van der Waals surface area contributed by atoms with Gasteiger partial charge in [-0.1, -0.05) is 41.5 Å². The minimum atomic E-state index is 0.311. The highest BCUT2D eigenvalue weighted by atomic mass is 15.2. The molecule has 114 valence electrons. The van der Waals surface area contributed by atoms with Crippen molar-refractivity contribution in [1.29, 1.82) is 0 Å². The van der Waals surface area contributed by atoms with Crippen molar-refractivity contribution >= 4 is 0 Å². The first kappa shape index (κ1) is 17.0. The summed E-state index contributed by atoms with van der Waals surface area (Å²) in [6, 6.07) is 0.724. The van der Waals surface area contributed by atoms with Crippen molar-refractivity contribution in [2.75, 3.05) is 19.6 Å².